The number of hydrogen-bond acceptors (Lipinski definition) is 5. The molecule has 0 aliphatic carbocycles. The van der Waals surface area contributed by atoms with Gasteiger partial charge in [0.1, 0.15) is 11.2 Å². The molecule has 1 unspecified atom stereocenters. The zero-order chi connectivity index (χ0) is 10.8. The van der Waals surface area contributed by atoms with E-state index in [-0.39, 0.29) is 5.48 Å². The van der Waals surface area contributed by atoms with Gasteiger partial charge in [0.05, 0.1) is 10.1 Å². The second kappa shape index (κ2) is 5.19. The summed E-state index contributed by atoms with van der Waals surface area (Å²) in [6.07, 6.45) is 0. The Kier molecular flexibility index (Phi) is 4.84. The van der Waals surface area contributed by atoms with Gasteiger partial charge in [-0.1, -0.05) is 0 Å². The molecule has 2 bridgehead atoms. The van der Waals surface area contributed by atoms with E-state index in [1.54, 1.807) is 0 Å². The first kappa shape index (κ1) is 14.0. The summed E-state index contributed by atoms with van der Waals surface area (Å²) in [5.74, 6) is 0. The van der Waals surface area contributed by atoms with Crippen molar-refractivity contribution in [1.29, 1.82) is 0 Å². The fraction of sp³-hybridized carbons (Fsp3) is 0. The quantitative estimate of drug-likeness (QED) is 0.422. The Morgan fingerprint density at radius 2 is 1.47 bits per heavy atom. The average Bonchev–Trinajstić information content (AvgIpc) is 2.65. The largest absolute Gasteiger partial charge is 0.758 e. The van der Waals surface area contributed by atoms with Crippen LogP contribution in [0.1, 0.15) is 0 Å². The molecule has 2 heterocycles. The zero-order valence-electron chi connectivity index (χ0n) is 7.11. The summed E-state index contributed by atoms with van der Waals surface area (Å²) in [5.41, 5.74) is 1.94. The van der Waals surface area contributed by atoms with Crippen LogP contribution in [0.3, 0.4) is 0 Å². The van der Waals surface area contributed by atoms with E-state index in [1.807, 2.05) is 24.3 Å². The van der Waals surface area contributed by atoms with E-state index in [1.165, 1.54) is 0 Å². The standard InChI is InChI=1S/C6H4O.H2O5S2.H2O/c1-2-6-4-3-5(1)7-6;1-6(2)7(3,4)5;/h1-4H;(H,1,2)(H,3,4,5);1H2/p-1. The summed E-state index contributed by atoms with van der Waals surface area (Å²) in [4.78, 5) is 0. The third-order valence-corrected chi connectivity index (χ3v) is 2.61. The van der Waals surface area contributed by atoms with Gasteiger partial charge in [0.25, 0.3) is 0 Å². The van der Waals surface area contributed by atoms with Gasteiger partial charge in [-0.3, -0.25) is 8.76 Å². The molecule has 0 radical (unpaired) electrons. The minimum absolute atomic E-state index is 0. The first-order valence-corrected chi connectivity index (χ1v) is 6.28. The van der Waals surface area contributed by atoms with Gasteiger partial charge in [-0.05, 0) is 24.3 Å². The minimum atomic E-state index is -4.82. The van der Waals surface area contributed by atoms with Crippen molar-refractivity contribution in [2.24, 2.45) is 0 Å². The van der Waals surface area contributed by atoms with Gasteiger partial charge in [0, 0.05) is 0 Å². The van der Waals surface area contributed by atoms with Gasteiger partial charge in [-0.15, -0.1) is 0 Å². The van der Waals surface area contributed by atoms with Crippen LogP contribution in [0.15, 0.2) is 28.7 Å². The number of rotatable bonds is 1. The molecule has 0 fully saturated rings. The summed E-state index contributed by atoms with van der Waals surface area (Å²) in [6.45, 7) is 0. The van der Waals surface area contributed by atoms with Crippen LogP contribution < -0.4 is 0 Å². The Hall–Kier alpha value is -1.00. The molecule has 9 heteroatoms. The summed E-state index contributed by atoms with van der Waals surface area (Å²) in [5, 5.41) is 0. The highest BCUT2D eigenvalue weighted by Crippen LogP contribution is 2.13. The van der Waals surface area contributed by atoms with Crippen molar-refractivity contribution in [2.45, 2.75) is 0 Å². The molecule has 2 aromatic rings. The lowest BCUT2D eigenvalue weighted by Crippen LogP contribution is -2.03. The van der Waals surface area contributed by atoms with Crippen LogP contribution in [-0.4, -0.2) is 27.2 Å². The van der Waals surface area contributed by atoms with Crippen molar-refractivity contribution in [1.82, 2.24) is 0 Å². The lowest BCUT2D eigenvalue weighted by Gasteiger charge is -1.94. The molecule has 1 atom stereocenters. The first-order valence-electron chi connectivity index (χ1n) is 3.25. The van der Waals surface area contributed by atoms with Crippen molar-refractivity contribution >= 4 is 30.4 Å². The summed E-state index contributed by atoms with van der Waals surface area (Å²) in [7, 11) is -8.23. The predicted octanol–water partition coefficient (Wildman–Crippen LogP) is -0.286. The molecule has 0 spiro atoms. The lowest BCUT2D eigenvalue weighted by atomic mass is 10.4. The Morgan fingerprint density at radius 1 is 1.20 bits per heavy atom. The topological polar surface area (TPSA) is 139 Å². The molecule has 0 aromatic carbocycles. The normalized spacial score (nSPS) is 12.7. The fourth-order valence-corrected chi connectivity index (χ4v) is 0.712. The Balaban J connectivity index is 0.000000245. The van der Waals surface area contributed by atoms with Crippen LogP contribution in [0.25, 0.3) is 11.2 Å². The molecule has 15 heavy (non-hydrogen) atoms. The van der Waals surface area contributed by atoms with Crippen molar-refractivity contribution in [3.8, 4) is 0 Å². The molecular weight excluding hydrogens is 248 g/mol. The molecule has 0 saturated heterocycles. The summed E-state index contributed by atoms with van der Waals surface area (Å²) >= 11 is 0. The number of furan rings is 2. The van der Waals surface area contributed by atoms with Crippen LogP contribution in [-0.2, 0) is 19.3 Å². The van der Waals surface area contributed by atoms with Crippen LogP contribution in [0.4, 0.5) is 0 Å². The van der Waals surface area contributed by atoms with Crippen LogP contribution in [0, 0.1) is 0 Å². The van der Waals surface area contributed by atoms with Crippen LogP contribution in [0.5, 0.6) is 0 Å². The molecule has 86 valence electrons. The molecular formula is C6H7O7S2-. The van der Waals surface area contributed by atoms with Gasteiger partial charge >= 0.3 is 9.15 Å². The van der Waals surface area contributed by atoms with E-state index in [0.29, 0.717) is 0 Å². The number of hydrogen-bond donors (Lipinski definition) is 1. The predicted molar refractivity (Wildman–Crippen MR) is 51.5 cm³/mol. The van der Waals surface area contributed by atoms with E-state index >= 15 is 0 Å². The van der Waals surface area contributed by atoms with Crippen molar-refractivity contribution in [3.05, 3.63) is 24.3 Å². The van der Waals surface area contributed by atoms with E-state index in [9.17, 15) is 17.2 Å². The van der Waals surface area contributed by atoms with Crippen LogP contribution in [0.2, 0.25) is 0 Å². The molecule has 0 amide bonds. The molecule has 0 saturated carbocycles. The average molecular weight is 255 g/mol. The highest BCUT2D eigenvalue weighted by molar-refractivity contribution is 8.59. The monoisotopic (exact) mass is 255 g/mol. The van der Waals surface area contributed by atoms with E-state index in [4.69, 9.17) is 8.97 Å². The van der Waals surface area contributed by atoms with E-state index in [2.05, 4.69) is 0 Å². The summed E-state index contributed by atoms with van der Waals surface area (Å²) < 4.78 is 49.5. The Bertz CT molecular complexity index is 468. The van der Waals surface area contributed by atoms with Crippen LogP contribution >= 0.6 is 0 Å². The van der Waals surface area contributed by atoms with Gasteiger partial charge in [0.2, 0.25) is 0 Å². The lowest BCUT2D eigenvalue weighted by molar-refractivity contribution is 0.483. The minimum Gasteiger partial charge on any atom is -0.758 e. The molecule has 7 nitrogen and oxygen atoms in total. The molecule has 2 aromatic heterocycles. The highest BCUT2D eigenvalue weighted by Gasteiger charge is 2.00. The van der Waals surface area contributed by atoms with E-state index in [0.717, 1.165) is 11.2 Å². The van der Waals surface area contributed by atoms with Gasteiger partial charge < -0.3 is 14.4 Å². The number of benzene rings is 1. The second-order valence-corrected chi connectivity index (χ2v) is 5.55. The van der Waals surface area contributed by atoms with Gasteiger partial charge in [-0.2, -0.15) is 8.42 Å². The maximum atomic E-state index is 9.27. The third kappa shape index (κ3) is 4.36. The Morgan fingerprint density at radius 3 is 1.53 bits per heavy atom. The van der Waals surface area contributed by atoms with Gasteiger partial charge in [0.15, 0.2) is 0 Å². The second-order valence-electron chi connectivity index (χ2n) is 2.21. The smallest absolute Gasteiger partial charge is 0.335 e. The van der Waals surface area contributed by atoms with Gasteiger partial charge in [-0.25, -0.2) is 0 Å². The first-order chi connectivity index (χ1) is 6.39. The molecule has 2 rings (SSSR count). The molecule has 3 N–H and O–H groups in total. The third-order valence-electron chi connectivity index (χ3n) is 1.23. The Labute approximate surface area is 86.8 Å². The SMILES string of the molecule is O.O=S([O-])S(=O)(=O)O.c1cc2ccc1o2. The van der Waals surface area contributed by atoms with Crippen molar-refractivity contribution in [3.63, 3.8) is 0 Å². The highest BCUT2D eigenvalue weighted by atomic mass is 33.2. The van der Waals surface area contributed by atoms with Crippen molar-refractivity contribution in [2.75, 3.05) is 0 Å². The maximum absolute atomic E-state index is 9.27. The fourth-order valence-electron chi connectivity index (χ4n) is 0.712. The zero-order valence-corrected chi connectivity index (χ0v) is 8.75. The molecule has 0 aliphatic rings. The van der Waals surface area contributed by atoms with Crippen molar-refractivity contribution < 1.29 is 31.6 Å². The number of fused-ring (bicyclic) bond motifs is 2. The maximum Gasteiger partial charge on any atom is 0.335 e. The summed E-state index contributed by atoms with van der Waals surface area (Å²) in [6, 6.07) is 7.81. The van der Waals surface area contributed by atoms with E-state index < -0.39 is 19.3 Å². The molecule has 0 aliphatic heterocycles.